The summed E-state index contributed by atoms with van der Waals surface area (Å²) in [6.07, 6.45) is 2.05. The van der Waals surface area contributed by atoms with Crippen molar-refractivity contribution in [1.82, 2.24) is 9.29 Å². The lowest BCUT2D eigenvalue weighted by atomic mass is 10.2. The Balaban J connectivity index is 1.51. The van der Waals surface area contributed by atoms with Gasteiger partial charge >= 0.3 is 0 Å². The number of carbonyl (C=O) groups excluding carboxylic acids is 1. The van der Waals surface area contributed by atoms with Gasteiger partial charge in [0.25, 0.3) is 5.91 Å². The summed E-state index contributed by atoms with van der Waals surface area (Å²) in [7, 11) is -3.69. The lowest BCUT2D eigenvalue weighted by Crippen LogP contribution is -2.31. The first-order valence-electron chi connectivity index (χ1n) is 8.58. The molecule has 3 heterocycles. The van der Waals surface area contributed by atoms with Crippen LogP contribution in [0.2, 0.25) is 0 Å². The van der Waals surface area contributed by atoms with Gasteiger partial charge < -0.3 is 14.8 Å². The summed E-state index contributed by atoms with van der Waals surface area (Å²) in [6, 6.07) is 8.10. The van der Waals surface area contributed by atoms with E-state index in [-0.39, 0.29) is 30.1 Å². The highest BCUT2D eigenvalue weighted by Crippen LogP contribution is 2.32. The molecule has 0 unspecified atom stereocenters. The van der Waals surface area contributed by atoms with Gasteiger partial charge in [-0.1, -0.05) is 0 Å². The van der Waals surface area contributed by atoms with Gasteiger partial charge in [-0.25, -0.2) is 8.42 Å². The zero-order chi connectivity index (χ0) is 19.0. The maximum atomic E-state index is 13.0. The predicted molar refractivity (Wildman–Crippen MR) is 97.3 cm³/mol. The topological polar surface area (TPSA) is 97.8 Å². The lowest BCUT2D eigenvalue weighted by molar-refractivity contribution is -0.118. The second kappa shape index (κ2) is 6.82. The first-order chi connectivity index (χ1) is 12.9. The number of benzene rings is 1. The lowest BCUT2D eigenvalue weighted by Gasteiger charge is -2.21. The molecule has 0 radical (unpaired) electrons. The maximum absolute atomic E-state index is 13.0. The quantitative estimate of drug-likeness (QED) is 0.852. The molecule has 0 saturated carbocycles. The van der Waals surface area contributed by atoms with E-state index in [0.29, 0.717) is 30.2 Å². The van der Waals surface area contributed by atoms with Crippen LogP contribution in [-0.4, -0.2) is 49.4 Å². The highest BCUT2D eigenvalue weighted by atomic mass is 32.2. The molecule has 2 aliphatic rings. The van der Waals surface area contributed by atoms with Crippen LogP contribution in [0.4, 0.5) is 5.69 Å². The molecule has 8 nitrogen and oxygen atoms in total. The standard InChI is InChI=1S/C18H19N3O5S/c1-12-16(3-2-7-19-12)26-13-6-8-21(10-13)27(23,24)14-4-5-17-15(9-14)20-18(22)11-25-17/h2-5,7,9,13H,6,8,10-11H2,1H3,(H,20,22)/t13-/m0/s1. The summed E-state index contributed by atoms with van der Waals surface area (Å²) in [6.45, 7) is 2.41. The molecule has 1 saturated heterocycles. The van der Waals surface area contributed by atoms with E-state index in [9.17, 15) is 13.2 Å². The Morgan fingerprint density at radius 2 is 2.19 bits per heavy atom. The minimum absolute atomic E-state index is 0.0714. The van der Waals surface area contributed by atoms with E-state index in [0.717, 1.165) is 5.69 Å². The zero-order valence-corrected chi connectivity index (χ0v) is 15.5. The van der Waals surface area contributed by atoms with Crippen LogP contribution in [0, 0.1) is 6.92 Å². The van der Waals surface area contributed by atoms with Gasteiger partial charge in [-0.3, -0.25) is 9.78 Å². The molecule has 27 heavy (non-hydrogen) atoms. The molecule has 0 spiro atoms. The van der Waals surface area contributed by atoms with E-state index in [4.69, 9.17) is 9.47 Å². The second-order valence-electron chi connectivity index (χ2n) is 6.47. The monoisotopic (exact) mass is 389 g/mol. The number of aromatic nitrogens is 1. The number of amides is 1. The normalized spacial score (nSPS) is 19.9. The van der Waals surface area contributed by atoms with Crippen molar-refractivity contribution >= 4 is 21.6 Å². The van der Waals surface area contributed by atoms with E-state index in [2.05, 4.69) is 10.3 Å². The number of anilines is 1. The first-order valence-corrected chi connectivity index (χ1v) is 10.0. The van der Waals surface area contributed by atoms with Crippen molar-refractivity contribution in [3.05, 3.63) is 42.2 Å². The summed E-state index contributed by atoms with van der Waals surface area (Å²) in [5.41, 5.74) is 1.13. The molecule has 1 fully saturated rings. The molecule has 0 bridgehead atoms. The molecule has 2 aromatic rings. The summed E-state index contributed by atoms with van der Waals surface area (Å²) in [4.78, 5) is 15.8. The molecule has 1 aromatic heterocycles. The fourth-order valence-corrected chi connectivity index (χ4v) is 4.67. The van der Waals surface area contributed by atoms with Crippen LogP contribution in [0.3, 0.4) is 0 Å². The third-order valence-electron chi connectivity index (χ3n) is 4.58. The van der Waals surface area contributed by atoms with E-state index < -0.39 is 10.0 Å². The maximum Gasteiger partial charge on any atom is 0.262 e. The van der Waals surface area contributed by atoms with Crippen molar-refractivity contribution in [2.24, 2.45) is 0 Å². The summed E-state index contributed by atoms with van der Waals surface area (Å²) in [5, 5.41) is 2.63. The van der Waals surface area contributed by atoms with Crippen molar-refractivity contribution < 1.29 is 22.7 Å². The van der Waals surface area contributed by atoms with Gasteiger partial charge in [-0.15, -0.1) is 0 Å². The van der Waals surface area contributed by atoms with Gasteiger partial charge in [0.05, 0.1) is 22.8 Å². The number of hydrogen-bond acceptors (Lipinski definition) is 6. The Hall–Kier alpha value is -2.65. The van der Waals surface area contributed by atoms with Crippen molar-refractivity contribution in [1.29, 1.82) is 0 Å². The summed E-state index contributed by atoms with van der Waals surface area (Å²) >= 11 is 0. The number of aryl methyl sites for hydroxylation is 1. The number of nitrogens with zero attached hydrogens (tertiary/aromatic N) is 2. The molecule has 4 rings (SSSR count). The first kappa shape index (κ1) is 17.7. The number of pyridine rings is 1. The van der Waals surface area contributed by atoms with Gasteiger partial charge in [0.1, 0.15) is 17.6 Å². The molecule has 2 aliphatic heterocycles. The van der Waals surface area contributed by atoms with Gasteiger partial charge in [-0.05, 0) is 43.7 Å². The summed E-state index contributed by atoms with van der Waals surface area (Å²) in [5.74, 6) is 0.817. The Kier molecular flexibility index (Phi) is 4.48. The average molecular weight is 389 g/mol. The minimum Gasteiger partial charge on any atom is -0.487 e. The minimum atomic E-state index is -3.69. The Morgan fingerprint density at radius 1 is 1.33 bits per heavy atom. The van der Waals surface area contributed by atoms with Crippen molar-refractivity contribution in [2.45, 2.75) is 24.3 Å². The van der Waals surface area contributed by atoms with Gasteiger partial charge in [0.15, 0.2) is 6.61 Å². The van der Waals surface area contributed by atoms with Crippen molar-refractivity contribution in [3.63, 3.8) is 0 Å². The van der Waals surface area contributed by atoms with Gasteiger partial charge in [-0.2, -0.15) is 4.31 Å². The van der Waals surface area contributed by atoms with E-state index in [1.807, 2.05) is 13.0 Å². The molecule has 1 atom stereocenters. The smallest absolute Gasteiger partial charge is 0.262 e. The molecular weight excluding hydrogens is 370 g/mol. The average Bonchev–Trinajstić information content (AvgIpc) is 3.12. The number of sulfonamides is 1. The number of hydrogen-bond donors (Lipinski definition) is 1. The van der Waals surface area contributed by atoms with Crippen molar-refractivity contribution in [2.75, 3.05) is 25.0 Å². The van der Waals surface area contributed by atoms with E-state index in [1.54, 1.807) is 18.3 Å². The number of fused-ring (bicyclic) bond motifs is 1. The zero-order valence-electron chi connectivity index (χ0n) is 14.7. The third-order valence-corrected chi connectivity index (χ3v) is 6.44. The largest absolute Gasteiger partial charge is 0.487 e. The van der Waals surface area contributed by atoms with E-state index in [1.165, 1.54) is 16.4 Å². The van der Waals surface area contributed by atoms with Crippen LogP contribution >= 0.6 is 0 Å². The van der Waals surface area contributed by atoms with Gasteiger partial charge in [0, 0.05) is 12.7 Å². The molecule has 1 aromatic carbocycles. The number of ether oxygens (including phenoxy) is 2. The number of carbonyl (C=O) groups is 1. The van der Waals surface area contributed by atoms with Crippen LogP contribution < -0.4 is 14.8 Å². The SMILES string of the molecule is Cc1ncccc1O[C@H]1CCN(S(=O)(=O)c2ccc3c(c2)NC(=O)CO3)C1. The number of rotatable bonds is 4. The van der Waals surface area contributed by atoms with Crippen molar-refractivity contribution in [3.8, 4) is 11.5 Å². The summed E-state index contributed by atoms with van der Waals surface area (Å²) < 4.78 is 38.5. The molecule has 1 N–H and O–H groups in total. The second-order valence-corrected chi connectivity index (χ2v) is 8.41. The molecule has 0 aliphatic carbocycles. The van der Waals surface area contributed by atoms with E-state index >= 15 is 0 Å². The fourth-order valence-electron chi connectivity index (χ4n) is 3.16. The Bertz CT molecular complexity index is 992. The molecule has 9 heteroatoms. The van der Waals surface area contributed by atoms with Crippen LogP contribution in [0.5, 0.6) is 11.5 Å². The van der Waals surface area contributed by atoms with Crippen LogP contribution in [0.1, 0.15) is 12.1 Å². The molecule has 142 valence electrons. The predicted octanol–water partition coefficient (Wildman–Crippen LogP) is 1.56. The molecule has 1 amide bonds. The van der Waals surface area contributed by atoms with Gasteiger partial charge in [0.2, 0.25) is 10.0 Å². The van der Waals surface area contributed by atoms with Crippen LogP contribution in [-0.2, 0) is 14.8 Å². The Morgan fingerprint density at radius 3 is 3.00 bits per heavy atom. The number of nitrogens with one attached hydrogen (secondary N) is 1. The fraction of sp³-hybridized carbons (Fsp3) is 0.333. The highest BCUT2D eigenvalue weighted by Gasteiger charge is 2.34. The van der Waals surface area contributed by atoms with Crippen LogP contribution in [0.25, 0.3) is 0 Å². The molecular formula is C18H19N3O5S. The van der Waals surface area contributed by atoms with Crippen LogP contribution in [0.15, 0.2) is 41.4 Å². The Labute approximate surface area is 157 Å². The third kappa shape index (κ3) is 3.47. The highest BCUT2D eigenvalue weighted by molar-refractivity contribution is 7.89.